The summed E-state index contributed by atoms with van der Waals surface area (Å²) in [5, 5.41) is 13.6. The third kappa shape index (κ3) is 5.53. The van der Waals surface area contributed by atoms with Crippen molar-refractivity contribution in [2.24, 2.45) is 0 Å². The van der Waals surface area contributed by atoms with Gasteiger partial charge in [-0.05, 0) is 44.2 Å². The number of ether oxygens (including phenoxy) is 1. The van der Waals surface area contributed by atoms with Gasteiger partial charge in [-0.15, -0.1) is 0 Å². The van der Waals surface area contributed by atoms with E-state index in [4.69, 9.17) is 4.74 Å². The molecule has 27 heavy (non-hydrogen) atoms. The average molecular weight is 371 g/mol. The Labute approximate surface area is 156 Å². The van der Waals surface area contributed by atoms with Crippen LogP contribution in [0.2, 0.25) is 0 Å². The van der Waals surface area contributed by atoms with Crippen LogP contribution in [-0.4, -0.2) is 36.4 Å². The first-order chi connectivity index (χ1) is 12.8. The number of carbonyl (C=O) groups is 2. The quantitative estimate of drug-likeness (QED) is 0.596. The molecule has 1 N–H and O–H groups in total. The zero-order valence-corrected chi connectivity index (χ0v) is 15.3. The molecule has 8 heteroatoms. The zero-order valence-electron chi connectivity index (χ0n) is 15.3. The minimum Gasteiger partial charge on any atom is -0.484 e. The summed E-state index contributed by atoms with van der Waals surface area (Å²) in [5.74, 6) is -0.0930. The van der Waals surface area contributed by atoms with Crippen LogP contribution in [0.5, 0.6) is 5.75 Å². The average Bonchev–Trinajstić information content (AvgIpc) is 2.65. The van der Waals surface area contributed by atoms with Gasteiger partial charge in [0.2, 0.25) is 0 Å². The van der Waals surface area contributed by atoms with E-state index in [0.717, 1.165) is 0 Å². The third-order valence-electron chi connectivity index (χ3n) is 3.65. The molecule has 0 radical (unpaired) electrons. The Bertz CT molecular complexity index is 833. The van der Waals surface area contributed by atoms with E-state index in [2.05, 4.69) is 5.32 Å². The minimum absolute atomic E-state index is 0.0388. The van der Waals surface area contributed by atoms with Crippen molar-refractivity contribution in [2.75, 3.05) is 18.6 Å². The van der Waals surface area contributed by atoms with Crippen molar-refractivity contribution in [3.05, 3.63) is 64.2 Å². The number of benzene rings is 2. The molecule has 142 valence electrons. The summed E-state index contributed by atoms with van der Waals surface area (Å²) in [6, 6.07) is 12.2. The molecule has 2 aromatic rings. The molecule has 0 atom stereocenters. The van der Waals surface area contributed by atoms with E-state index in [0.29, 0.717) is 11.4 Å². The Kier molecular flexibility index (Phi) is 6.48. The maximum Gasteiger partial charge on any atom is 0.270 e. The number of nitrogens with one attached hydrogen (secondary N) is 1. The van der Waals surface area contributed by atoms with Gasteiger partial charge in [0.1, 0.15) is 5.75 Å². The van der Waals surface area contributed by atoms with Gasteiger partial charge in [-0.3, -0.25) is 19.7 Å². The topological polar surface area (TPSA) is 102 Å². The summed E-state index contributed by atoms with van der Waals surface area (Å²) in [7, 11) is 1.58. The minimum atomic E-state index is -0.543. The van der Waals surface area contributed by atoms with Gasteiger partial charge in [0.25, 0.3) is 17.5 Å². The number of anilines is 1. The summed E-state index contributed by atoms with van der Waals surface area (Å²) >= 11 is 0. The zero-order chi connectivity index (χ0) is 20.0. The first kappa shape index (κ1) is 19.9. The van der Waals surface area contributed by atoms with Crippen molar-refractivity contribution in [1.82, 2.24) is 5.32 Å². The summed E-state index contributed by atoms with van der Waals surface area (Å²) in [4.78, 5) is 35.8. The Balaban J connectivity index is 2.03. The van der Waals surface area contributed by atoms with Crippen molar-refractivity contribution in [1.29, 1.82) is 0 Å². The maximum atomic E-state index is 12.5. The molecule has 0 fully saturated rings. The van der Waals surface area contributed by atoms with Crippen LogP contribution in [0.4, 0.5) is 11.4 Å². The number of rotatable bonds is 7. The normalized spacial score (nSPS) is 10.4. The molecule has 0 unspecified atom stereocenters. The molecule has 8 nitrogen and oxygen atoms in total. The van der Waals surface area contributed by atoms with Crippen molar-refractivity contribution in [2.45, 2.75) is 19.9 Å². The number of non-ortho nitro benzene ring substituents is 1. The van der Waals surface area contributed by atoms with Crippen LogP contribution in [-0.2, 0) is 4.79 Å². The molecule has 0 aliphatic heterocycles. The number of amides is 2. The van der Waals surface area contributed by atoms with E-state index in [1.165, 1.54) is 29.2 Å². The van der Waals surface area contributed by atoms with Gasteiger partial charge >= 0.3 is 0 Å². The fourth-order valence-corrected chi connectivity index (χ4v) is 2.34. The molecule has 0 aliphatic rings. The molecule has 0 spiro atoms. The Morgan fingerprint density at radius 3 is 2.44 bits per heavy atom. The van der Waals surface area contributed by atoms with Crippen LogP contribution < -0.4 is 15.0 Å². The van der Waals surface area contributed by atoms with Gasteiger partial charge in [-0.1, -0.05) is 6.07 Å². The Morgan fingerprint density at radius 2 is 1.85 bits per heavy atom. The second-order valence-electron chi connectivity index (χ2n) is 6.18. The van der Waals surface area contributed by atoms with Crippen LogP contribution in [0.3, 0.4) is 0 Å². The van der Waals surface area contributed by atoms with Crippen LogP contribution in [0.1, 0.15) is 24.2 Å². The maximum absolute atomic E-state index is 12.5. The van der Waals surface area contributed by atoms with Crippen molar-refractivity contribution >= 4 is 23.2 Å². The molecule has 2 rings (SSSR count). The fraction of sp³-hybridized carbons (Fsp3) is 0.263. The van der Waals surface area contributed by atoms with Gasteiger partial charge in [-0.25, -0.2) is 0 Å². The highest BCUT2D eigenvalue weighted by molar-refractivity contribution is 6.06. The second kappa shape index (κ2) is 8.79. The van der Waals surface area contributed by atoms with Crippen LogP contribution >= 0.6 is 0 Å². The highest BCUT2D eigenvalue weighted by Gasteiger charge is 2.16. The molecule has 2 aromatic carbocycles. The van der Waals surface area contributed by atoms with Gasteiger partial charge in [-0.2, -0.15) is 0 Å². The van der Waals surface area contributed by atoms with Crippen LogP contribution in [0.15, 0.2) is 48.5 Å². The lowest BCUT2D eigenvalue weighted by Gasteiger charge is -2.18. The van der Waals surface area contributed by atoms with Crippen LogP contribution in [0.25, 0.3) is 0 Å². The number of nitrogens with zero attached hydrogens (tertiary/aromatic N) is 2. The first-order valence-corrected chi connectivity index (χ1v) is 8.32. The third-order valence-corrected chi connectivity index (χ3v) is 3.65. The highest BCUT2D eigenvalue weighted by Crippen LogP contribution is 2.21. The second-order valence-corrected chi connectivity index (χ2v) is 6.18. The van der Waals surface area contributed by atoms with E-state index < -0.39 is 4.92 Å². The summed E-state index contributed by atoms with van der Waals surface area (Å²) in [6.07, 6.45) is 0. The summed E-state index contributed by atoms with van der Waals surface area (Å²) in [6.45, 7) is 3.63. The van der Waals surface area contributed by atoms with Gasteiger partial charge in [0.05, 0.1) is 4.92 Å². The molecule has 0 bridgehead atoms. The standard InChI is InChI=1S/C19H21N3O5/c1-13(2)20-18(23)12-27-17-9-7-15(8-10-17)21(3)19(24)14-5-4-6-16(11-14)22(25)26/h4-11,13H,12H2,1-3H3,(H,20,23). The predicted octanol–water partition coefficient (Wildman–Crippen LogP) is 2.77. The van der Waals surface area contributed by atoms with E-state index in [-0.39, 0.29) is 35.7 Å². The number of nitro benzene ring substituents is 1. The summed E-state index contributed by atoms with van der Waals surface area (Å²) < 4.78 is 5.40. The van der Waals surface area contributed by atoms with Crippen molar-refractivity contribution in [3.8, 4) is 5.75 Å². The Morgan fingerprint density at radius 1 is 1.19 bits per heavy atom. The molecule has 0 aliphatic carbocycles. The lowest BCUT2D eigenvalue weighted by atomic mass is 10.1. The SMILES string of the molecule is CC(C)NC(=O)COc1ccc(N(C)C(=O)c2cccc([N+](=O)[O-])c2)cc1. The lowest BCUT2D eigenvalue weighted by Crippen LogP contribution is -2.34. The van der Waals surface area contributed by atoms with E-state index in [1.807, 2.05) is 13.8 Å². The molecular weight excluding hydrogens is 350 g/mol. The molecule has 0 saturated carbocycles. The van der Waals surface area contributed by atoms with E-state index in [9.17, 15) is 19.7 Å². The smallest absolute Gasteiger partial charge is 0.270 e. The van der Waals surface area contributed by atoms with Crippen molar-refractivity contribution < 1.29 is 19.2 Å². The van der Waals surface area contributed by atoms with Gasteiger partial charge < -0.3 is 15.0 Å². The van der Waals surface area contributed by atoms with Crippen molar-refractivity contribution in [3.63, 3.8) is 0 Å². The summed E-state index contributed by atoms with van der Waals surface area (Å²) in [5.41, 5.74) is 0.667. The van der Waals surface area contributed by atoms with Crippen LogP contribution in [0, 0.1) is 10.1 Å². The lowest BCUT2D eigenvalue weighted by molar-refractivity contribution is -0.384. The largest absolute Gasteiger partial charge is 0.484 e. The molecule has 0 heterocycles. The van der Waals surface area contributed by atoms with E-state index >= 15 is 0 Å². The van der Waals surface area contributed by atoms with Gasteiger partial charge in [0.15, 0.2) is 6.61 Å². The van der Waals surface area contributed by atoms with E-state index in [1.54, 1.807) is 31.3 Å². The first-order valence-electron chi connectivity index (χ1n) is 8.32. The number of nitro groups is 1. The highest BCUT2D eigenvalue weighted by atomic mass is 16.6. The fourth-order valence-electron chi connectivity index (χ4n) is 2.34. The molecule has 2 amide bonds. The monoisotopic (exact) mass is 371 g/mol. The molecule has 0 saturated heterocycles. The number of carbonyl (C=O) groups excluding carboxylic acids is 2. The van der Waals surface area contributed by atoms with Gasteiger partial charge in [0, 0.05) is 36.5 Å². The molecule has 0 aromatic heterocycles. The number of hydrogen-bond donors (Lipinski definition) is 1. The predicted molar refractivity (Wildman–Crippen MR) is 101 cm³/mol. The molecular formula is C19H21N3O5. The Hall–Kier alpha value is -3.42. The number of hydrogen-bond acceptors (Lipinski definition) is 5.